The van der Waals surface area contributed by atoms with Crippen molar-refractivity contribution in [3.63, 3.8) is 0 Å². The number of anilines is 2. The predicted molar refractivity (Wildman–Crippen MR) is 95.3 cm³/mol. The summed E-state index contributed by atoms with van der Waals surface area (Å²) >= 11 is 6.10. The first kappa shape index (κ1) is 18.0. The molecule has 2 aromatic rings. The van der Waals surface area contributed by atoms with Gasteiger partial charge in [0.1, 0.15) is 17.3 Å². The molecule has 0 radical (unpaired) electrons. The monoisotopic (exact) mass is 348 g/mol. The number of rotatable bonds is 6. The number of methoxy groups -OCH3 is 1. The van der Waals surface area contributed by atoms with Crippen LogP contribution in [0.2, 0.25) is 5.02 Å². The fourth-order valence-corrected chi connectivity index (χ4v) is 2.13. The molecule has 1 heterocycles. The van der Waals surface area contributed by atoms with Gasteiger partial charge in [0.25, 0.3) is 5.91 Å². The fraction of sp³-hybridized carbons (Fsp3) is 0.353. The van der Waals surface area contributed by atoms with E-state index < -0.39 is 0 Å². The molecule has 1 aromatic heterocycles. The summed E-state index contributed by atoms with van der Waals surface area (Å²) in [5, 5.41) is 6.60. The summed E-state index contributed by atoms with van der Waals surface area (Å²) in [4.78, 5) is 20.4. The molecule has 128 valence electrons. The number of carbonyl (C=O) groups excluding carboxylic acids is 1. The van der Waals surface area contributed by atoms with E-state index in [0.717, 1.165) is 17.7 Å². The molecule has 1 amide bonds. The lowest BCUT2D eigenvalue weighted by Gasteiger charge is -2.13. The number of carbonyl (C=O) groups is 1. The highest BCUT2D eigenvalue weighted by atomic mass is 35.5. The summed E-state index contributed by atoms with van der Waals surface area (Å²) in [7, 11) is 1.57. The lowest BCUT2D eigenvalue weighted by Crippen LogP contribution is -2.32. The van der Waals surface area contributed by atoms with Crippen LogP contribution >= 0.6 is 11.6 Å². The number of aromatic nitrogens is 2. The third kappa shape index (κ3) is 4.35. The Kier molecular flexibility index (Phi) is 5.98. The second kappa shape index (κ2) is 7.97. The summed E-state index contributed by atoms with van der Waals surface area (Å²) in [5.74, 6) is 0.879. The minimum Gasteiger partial charge on any atom is -0.495 e. The summed E-state index contributed by atoms with van der Waals surface area (Å²) in [5.41, 5.74) is 1.92. The molecule has 0 saturated carbocycles. The van der Waals surface area contributed by atoms with Gasteiger partial charge in [0.05, 0.1) is 25.2 Å². The molecule has 0 aliphatic rings. The van der Waals surface area contributed by atoms with Crippen LogP contribution in [-0.2, 0) is 0 Å². The Bertz CT molecular complexity index is 719. The topological polar surface area (TPSA) is 76.1 Å². The summed E-state index contributed by atoms with van der Waals surface area (Å²) in [6.07, 6.45) is 3.80. The van der Waals surface area contributed by atoms with Gasteiger partial charge in [-0.3, -0.25) is 4.79 Å². The predicted octanol–water partition coefficient (Wildman–Crippen LogP) is 3.72. The molecule has 1 aromatic carbocycles. The Morgan fingerprint density at radius 2 is 2.08 bits per heavy atom. The first-order chi connectivity index (χ1) is 11.4. The Labute approximate surface area is 146 Å². The van der Waals surface area contributed by atoms with Crippen molar-refractivity contribution in [1.82, 2.24) is 15.3 Å². The van der Waals surface area contributed by atoms with E-state index in [4.69, 9.17) is 16.3 Å². The number of nitrogens with zero attached hydrogens (tertiary/aromatic N) is 2. The third-order valence-electron chi connectivity index (χ3n) is 3.62. The van der Waals surface area contributed by atoms with Crippen molar-refractivity contribution in [3.05, 3.63) is 40.8 Å². The highest BCUT2D eigenvalue weighted by Crippen LogP contribution is 2.32. The van der Waals surface area contributed by atoms with Crippen LogP contribution in [0.15, 0.2) is 24.5 Å². The van der Waals surface area contributed by atoms with Gasteiger partial charge in [-0.05, 0) is 31.9 Å². The maximum absolute atomic E-state index is 12.0. The standard InChI is InChI=1S/C17H21ClN4O2/c1-5-11(3)21-17(23)14-8-20-16(9-19-14)22-13-6-10(2)12(18)7-15(13)24-4/h6-9,11H,5H2,1-4H3,(H,20,22)(H,21,23). The molecule has 1 atom stereocenters. The van der Waals surface area contributed by atoms with Crippen LogP contribution in [-0.4, -0.2) is 29.0 Å². The zero-order chi connectivity index (χ0) is 17.7. The van der Waals surface area contributed by atoms with Gasteiger partial charge in [0, 0.05) is 17.1 Å². The number of hydrogen-bond donors (Lipinski definition) is 2. The Hall–Kier alpha value is -2.34. The van der Waals surface area contributed by atoms with Crippen LogP contribution in [0.25, 0.3) is 0 Å². The zero-order valence-electron chi connectivity index (χ0n) is 14.2. The Morgan fingerprint density at radius 1 is 1.33 bits per heavy atom. The average Bonchev–Trinajstić information content (AvgIpc) is 2.58. The molecule has 6 nitrogen and oxygen atoms in total. The Morgan fingerprint density at radius 3 is 2.67 bits per heavy atom. The molecule has 2 N–H and O–H groups in total. The smallest absolute Gasteiger partial charge is 0.271 e. The van der Waals surface area contributed by atoms with Crippen molar-refractivity contribution < 1.29 is 9.53 Å². The van der Waals surface area contributed by atoms with E-state index in [0.29, 0.717) is 16.6 Å². The van der Waals surface area contributed by atoms with E-state index in [1.165, 1.54) is 12.4 Å². The van der Waals surface area contributed by atoms with Crippen LogP contribution in [0.5, 0.6) is 5.75 Å². The minimum atomic E-state index is -0.233. The Balaban J connectivity index is 2.15. The van der Waals surface area contributed by atoms with Gasteiger partial charge in [-0.15, -0.1) is 0 Å². The van der Waals surface area contributed by atoms with Crippen molar-refractivity contribution in [2.24, 2.45) is 0 Å². The second-order valence-corrected chi connectivity index (χ2v) is 5.90. The van der Waals surface area contributed by atoms with Gasteiger partial charge < -0.3 is 15.4 Å². The molecular formula is C17H21ClN4O2. The van der Waals surface area contributed by atoms with Crippen molar-refractivity contribution in [1.29, 1.82) is 0 Å². The van der Waals surface area contributed by atoms with Crippen molar-refractivity contribution in [2.75, 3.05) is 12.4 Å². The number of ether oxygens (including phenoxy) is 1. The molecule has 24 heavy (non-hydrogen) atoms. The second-order valence-electron chi connectivity index (χ2n) is 5.50. The van der Waals surface area contributed by atoms with Crippen molar-refractivity contribution in [3.8, 4) is 5.75 Å². The fourth-order valence-electron chi connectivity index (χ4n) is 1.98. The summed E-state index contributed by atoms with van der Waals surface area (Å²) in [6, 6.07) is 3.70. The normalized spacial score (nSPS) is 11.7. The SMILES string of the molecule is CCC(C)NC(=O)c1cnc(Nc2cc(C)c(Cl)cc2OC)cn1. The maximum atomic E-state index is 12.0. The molecule has 0 bridgehead atoms. The number of nitrogens with one attached hydrogen (secondary N) is 2. The van der Waals surface area contributed by atoms with Gasteiger partial charge >= 0.3 is 0 Å². The van der Waals surface area contributed by atoms with Crippen LogP contribution in [0, 0.1) is 6.92 Å². The van der Waals surface area contributed by atoms with Crippen LogP contribution in [0.1, 0.15) is 36.3 Å². The minimum absolute atomic E-state index is 0.0957. The quantitative estimate of drug-likeness (QED) is 0.832. The maximum Gasteiger partial charge on any atom is 0.271 e. The highest BCUT2D eigenvalue weighted by Gasteiger charge is 2.12. The summed E-state index contributed by atoms with van der Waals surface area (Å²) in [6.45, 7) is 5.85. The lowest BCUT2D eigenvalue weighted by molar-refractivity contribution is 0.0934. The van der Waals surface area contributed by atoms with Crippen LogP contribution < -0.4 is 15.4 Å². The number of benzene rings is 1. The van der Waals surface area contributed by atoms with Gasteiger partial charge in [0.15, 0.2) is 0 Å². The van der Waals surface area contributed by atoms with Crippen molar-refractivity contribution in [2.45, 2.75) is 33.2 Å². The van der Waals surface area contributed by atoms with E-state index in [9.17, 15) is 4.79 Å². The van der Waals surface area contributed by atoms with E-state index in [2.05, 4.69) is 20.6 Å². The molecule has 0 aliphatic heterocycles. The van der Waals surface area contributed by atoms with E-state index in [1.54, 1.807) is 13.2 Å². The molecular weight excluding hydrogens is 328 g/mol. The third-order valence-corrected chi connectivity index (χ3v) is 4.03. The number of amides is 1. The molecule has 2 rings (SSSR count). The summed E-state index contributed by atoms with van der Waals surface area (Å²) < 4.78 is 5.31. The lowest BCUT2D eigenvalue weighted by atomic mass is 10.2. The number of halogens is 1. The highest BCUT2D eigenvalue weighted by molar-refractivity contribution is 6.31. The van der Waals surface area contributed by atoms with Crippen LogP contribution in [0.4, 0.5) is 11.5 Å². The van der Waals surface area contributed by atoms with Gasteiger partial charge in [-0.2, -0.15) is 0 Å². The van der Waals surface area contributed by atoms with Crippen molar-refractivity contribution >= 4 is 29.0 Å². The molecule has 1 unspecified atom stereocenters. The van der Waals surface area contributed by atoms with Gasteiger partial charge in [-0.25, -0.2) is 9.97 Å². The molecule has 0 spiro atoms. The van der Waals surface area contributed by atoms with Gasteiger partial charge in [-0.1, -0.05) is 18.5 Å². The number of aryl methyl sites for hydroxylation is 1. The van der Waals surface area contributed by atoms with Crippen LogP contribution in [0.3, 0.4) is 0 Å². The number of hydrogen-bond acceptors (Lipinski definition) is 5. The molecule has 0 fully saturated rings. The average molecular weight is 349 g/mol. The first-order valence-corrected chi connectivity index (χ1v) is 8.06. The molecule has 0 aliphatic carbocycles. The van der Waals surface area contributed by atoms with E-state index in [-0.39, 0.29) is 17.6 Å². The molecule has 0 saturated heterocycles. The zero-order valence-corrected chi connectivity index (χ0v) is 14.9. The largest absolute Gasteiger partial charge is 0.495 e. The first-order valence-electron chi connectivity index (χ1n) is 7.68. The van der Waals surface area contributed by atoms with Gasteiger partial charge in [0.2, 0.25) is 0 Å². The molecule has 7 heteroatoms. The van der Waals surface area contributed by atoms with E-state index >= 15 is 0 Å². The van der Waals surface area contributed by atoms with E-state index in [1.807, 2.05) is 26.8 Å².